The molecule has 0 aliphatic carbocycles. The Morgan fingerprint density at radius 1 is 1.17 bits per heavy atom. The third-order valence-electron chi connectivity index (χ3n) is 3.23. The van der Waals surface area contributed by atoms with Crippen LogP contribution < -0.4 is 11.1 Å². The summed E-state index contributed by atoms with van der Waals surface area (Å²) in [6, 6.07) is -0.222. The Kier molecular flexibility index (Phi) is 7.41. The molecule has 0 aromatic heterocycles. The summed E-state index contributed by atoms with van der Waals surface area (Å²) in [5.41, 5.74) is 5.41. The van der Waals surface area contributed by atoms with Crippen LogP contribution in [0.4, 0.5) is 4.79 Å². The molecule has 1 rings (SSSR count). The molecule has 1 aliphatic rings. The van der Waals surface area contributed by atoms with E-state index in [1.165, 1.54) is 4.90 Å². The molecular formula is C13H25N3O2. The molecule has 0 spiro atoms. The van der Waals surface area contributed by atoms with E-state index >= 15 is 0 Å². The zero-order valence-electron chi connectivity index (χ0n) is 11.1. The number of carbonyl (C=O) groups excluding carboxylic acids is 2. The summed E-state index contributed by atoms with van der Waals surface area (Å²) in [7, 11) is 0. The summed E-state index contributed by atoms with van der Waals surface area (Å²) >= 11 is 0. The Hall–Kier alpha value is -1.10. The van der Waals surface area contributed by atoms with Crippen molar-refractivity contribution in [2.45, 2.75) is 51.4 Å². The molecule has 0 saturated carbocycles. The number of likely N-dealkylation sites (tertiary alicyclic amines) is 1. The van der Waals surface area contributed by atoms with Crippen LogP contribution in [0.2, 0.25) is 0 Å². The number of carbonyl (C=O) groups is 2. The van der Waals surface area contributed by atoms with Crippen LogP contribution in [0.1, 0.15) is 51.4 Å². The molecule has 3 N–H and O–H groups in total. The SMILES string of the molecule is NCCCCCCNC(=O)N1CCCCCC1=O. The summed E-state index contributed by atoms with van der Waals surface area (Å²) in [6.07, 6.45) is 7.54. The molecule has 104 valence electrons. The first kappa shape index (κ1) is 15.0. The van der Waals surface area contributed by atoms with Crippen LogP contribution in [0.25, 0.3) is 0 Å². The van der Waals surface area contributed by atoms with Gasteiger partial charge in [0.1, 0.15) is 0 Å². The third-order valence-corrected chi connectivity index (χ3v) is 3.23. The van der Waals surface area contributed by atoms with E-state index in [0.29, 0.717) is 19.5 Å². The Morgan fingerprint density at radius 3 is 2.72 bits per heavy atom. The van der Waals surface area contributed by atoms with Crippen molar-refractivity contribution in [3.8, 4) is 0 Å². The molecule has 18 heavy (non-hydrogen) atoms. The molecule has 0 atom stereocenters. The van der Waals surface area contributed by atoms with E-state index in [1.807, 2.05) is 0 Å². The first-order valence-electron chi connectivity index (χ1n) is 7.04. The molecule has 1 fully saturated rings. The zero-order chi connectivity index (χ0) is 13.2. The zero-order valence-corrected chi connectivity index (χ0v) is 11.1. The van der Waals surface area contributed by atoms with Crippen molar-refractivity contribution in [3.63, 3.8) is 0 Å². The van der Waals surface area contributed by atoms with Gasteiger partial charge in [0, 0.05) is 19.5 Å². The van der Waals surface area contributed by atoms with E-state index in [1.54, 1.807) is 0 Å². The van der Waals surface area contributed by atoms with Crippen LogP contribution in [0, 0.1) is 0 Å². The molecule has 0 aromatic carbocycles. The smallest absolute Gasteiger partial charge is 0.324 e. The van der Waals surface area contributed by atoms with E-state index in [0.717, 1.165) is 51.5 Å². The maximum Gasteiger partial charge on any atom is 0.324 e. The molecule has 0 unspecified atom stereocenters. The minimum absolute atomic E-state index is 0.0341. The highest BCUT2D eigenvalue weighted by Gasteiger charge is 2.22. The van der Waals surface area contributed by atoms with Crippen molar-refractivity contribution in [2.24, 2.45) is 5.73 Å². The van der Waals surface area contributed by atoms with E-state index in [9.17, 15) is 9.59 Å². The fourth-order valence-corrected chi connectivity index (χ4v) is 2.11. The average molecular weight is 255 g/mol. The fraction of sp³-hybridized carbons (Fsp3) is 0.846. The minimum Gasteiger partial charge on any atom is -0.338 e. The second-order valence-corrected chi connectivity index (χ2v) is 4.79. The second kappa shape index (κ2) is 8.91. The largest absolute Gasteiger partial charge is 0.338 e. The fourth-order valence-electron chi connectivity index (χ4n) is 2.11. The second-order valence-electron chi connectivity index (χ2n) is 4.79. The number of hydrogen-bond donors (Lipinski definition) is 2. The molecule has 5 heteroatoms. The van der Waals surface area contributed by atoms with Crippen LogP contribution in [-0.2, 0) is 4.79 Å². The van der Waals surface area contributed by atoms with Crippen molar-refractivity contribution < 1.29 is 9.59 Å². The maximum absolute atomic E-state index is 11.8. The van der Waals surface area contributed by atoms with Gasteiger partial charge in [-0.25, -0.2) is 4.79 Å². The van der Waals surface area contributed by atoms with Crippen molar-refractivity contribution in [2.75, 3.05) is 19.6 Å². The number of amides is 3. The predicted octanol–water partition coefficient (Wildman–Crippen LogP) is 1.62. The standard InChI is InChI=1S/C13H25N3O2/c14-9-5-1-2-6-10-15-13(18)16-11-7-3-4-8-12(16)17/h1-11,14H2,(H,15,18). The Balaban J connectivity index is 2.16. The molecule has 1 saturated heterocycles. The lowest BCUT2D eigenvalue weighted by Crippen LogP contribution is -2.43. The van der Waals surface area contributed by atoms with Crippen LogP contribution in [0.15, 0.2) is 0 Å². The highest BCUT2D eigenvalue weighted by atomic mass is 16.2. The predicted molar refractivity (Wildman–Crippen MR) is 71.1 cm³/mol. The van der Waals surface area contributed by atoms with Gasteiger partial charge in [-0.1, -0.05) is 19.3 Å². The minimum atomic E-state index is -0.222. The number of unbranched alkanes of at least 4 members (excludes halogenated alkanes) is 3. The van der Waals surface area contributed by atoms with Gasteiger partial charge in [0.15, 0.2) is 0 Å². The van der Waals surface area contributed by atoms with Crippen LogP contribution in [0.5, 0.6) is 0 Å². The van der Waals surface area contributed by atoms with E-state index in [4.69, 9.17) is 5.73 Å². The molecule has 1 heterocycles. The van der Waals surface area contributed by atoms with Gasteiger partial charge in [0.25, 0.3) is 0 Å². The summed E-state index contributed by atoms with van der Waals surface area (Å²) in [4.78, 5) is 24.9. The molecule has 0 bridgehead atoms. The van der Waals surface area contributed by atoms with Crippen molar-refractivity contribution in [3.05, 3.63) is 0 Å². The summed E-state index contributed by atoms with van der Waals surface area (Å²) < 4.78 is 0. The number of hydrogen-bond acceptors (Lipinski definition) is 3. The van der Waals surface area contributed by atoms with Gasteiger partial charge in [-0.2, -0.15) is 0 Å². The van der Waals surface area contributed by atoms with Gasteiger partial charge in [-0.15, -0.1) is 0 Å². The lowest BCUT2D eigenvalue weighted by Gasteiger charge is -2.18. The summed E-state index contributed by atoms with van der Waals surface area (Å²) in [5.74, 6) is -0.0341. The van der Waals surface area contributed by atoms with E-state index in [2.05, 4.69) is 5.32 Å². The Bertz CT molecular complexity index is 269. The van der Waals surface area contributed by atoms with E-state index < -0.39 is 0 Å². The van der Waals surface area contributed by atoms with Gasteiger partial charge in [0.05, 0.1) is 0 Å². The quantitative estimate of drug-likeness (QED) is 0.708. The number of nitrogens with two attached hydrogens (primary N) is 1. The number of nitrogens with zero attached hydrogens (tertiary/aromatic N) is 1. The highest BCUT2D eigenvalue weighted by molar-refractivity contribution is 5.94. The van der Waals surface area contributed by atoms with Gasteiger partial charge < -0.3 is 11.1 Å². The third kappa shape index (κ3) is 5.49. The summed E-state index contributed by atoms with van der Waals surface area (Å²) in [6.45, 7) is 1.94. The van der Waals surface area contributed by atoms with Gasteiger partial charge in [0.2, 0.25) is 5.91 Å². The Labute approximate surface area is 109 Å². The molecule has 0 aromatic rings. The lowest BCUT2D eigenvalue weighted by molar-refractivity contribution is -0.127. The van der Waals surface area contributed by atoms with E-state index in [-0.39, 0.29) is 11.9 Å². The van der Waals surface area contributed by atoms with Crippen LogP contribution in [-0.4, -0.2) is 36.5 Å². The molecule has 0 radical (unpaired) electrons. The number of imide groups is 1. The first-order valence-corrected chi connectivity index (χ1v) is 7.04. The number of urea groups is 1. The molecule has 5 nitrogen and oxygen atoms in total. The number of rotatable bonds is 6. The highest BCUT2D eigenvalue weighted by Crippen LogP contribution is 2.11. The van der Waals surface area contributed by atoms with Crippen molar-refractivity contribution >= 4 is 11.9 Å². The monoisotopic (exact) mass is 255 g/mol. The summed E-state index contributed by atoms with van der Waals surface area (Å²) in [5, 5.41) is 2.82. The van der Waals surface area contributed by atoms with Crippen LogP contribution in [0.3, 0.4) is 0 Å². The van der Waals surface area contributed by atoms with Gasteiger partial charge in [-0.3, -0.25) is 9.69 Å². The van der Waals surface area contributed by atoms with Gasteiger partial charge in [-0.05, 0) is 32.2 Å². The maximum atomic E-state index is 11.8. The van der Waals surface area contributed by atoms with Crippen molar-refractivity contribution in [1.29, 1.82) is 0 Å². The molecule has 1 aliphatic heterocycles. The molecular weight excluding hydrogens is 230 g/mol. The molecule has 3 amide bonds. The van der Waals surface area contributed by atoms with Crippen LogP contribution >= 0.6 is 0 Å². The van der Waals surface area contributed by atoms with Crippen molar-refractivity contribution in [1.82, 2.24) is 10.2 Å². The average Bonchev–Trinajstić information content (AvgIpc) is 2.58. The first-order chi connectivity index (χ1) is 8.75. The Morgan fingerprint density at radius 2 is 1.94 bits per heavy atom. The topological polar surface area (TPSA) is 75.4 Å². The lowest BCUT2D eigenvalue weighted by atomic mass is 10.2. The van der Waals surface area contributed by atoms with Gasteiger partial charge >= 0.3 is 6.03 Å². The number of nitrogens with one attached hydrogen (secondary N) is 1. The normalized spacial score (nSPS) is 16.5.